The molecule has 0 aromatic heterocycles. The van der Waals surface area contributed by atoms with Crippen LogP contribution in [0.25, 0.3) is 0 Å². The van der Waals surface area contributed by atoms with Gasteiger partial charge in [0.25, 0.3) is 0 Å². The lowest BCUT2D eigenvalue weighted by Crippen LogP contribution is -2.62. The van der Waals surface area contributed by atoms with Gasteiger partial charge in [-0.15, -0.1) is 0 Å². The molecule has 5 nitrogen and oxygen atoms in total. The van der Waals surface area contributed by atoms with E-state index in [4.69, 9.17) is 23.2 Å². The number of nitrogens with one attached hydrogen (secondary N) is 3. The second-order valence-electron chi connectivity index (χ2n) is 10.7. The Morgan fingerprint density at radius 1 is 0.946 bits per heavy atom. The molecule has 0 radical (unpaired) electrons. The van der Waals surface area contributed by atoms with Crippen molar-refractivity contribution in [3.05, 3.63) is 57.6 Å². The lowest BCUT2D eigenvalue weighted by molar-refractivity contribution is -0.132. The Kier molecular flexibility index (Phi) is 7.85. The summed E-state index contributed by atoms with van der Waals surface area (Å²) in [5.74, 6) is -3.02. The van der Waals surface area contributed by atoms with E-state index in [1.807, 2.05) is 0 Å². The Morgan fingerprint density at radius 3 is 2.11 bits per heavy atom. The summed E-state index contributed by atoms with van der Waals surface area (Å²) in [6.07, 6.45) is 8.39. The second kappa shape index (κ2) is 11.0. The number of carbonyl (C=O) groups excluding carboxylic acids is 1. The number of fused-ring (bicyclic) bond motifs is 1. The van der Waals surface area contributed by atoms with Gasteiger partial charge in [0.15, 0.2) is 17.3 Å². The molecular formula is C28H33Cl2F2N3O2. The number of aliphatic hydroxyl groups excluding tert-OH is 1. The maximum Gasteiger partial charge on any atom is 0.228 e. The molecule has 2 aliphatic carbocycles. The van der Waals surface area contributed by atoms with Crippen molar-refractivity contribution in [3.63, 3.8) is 0 Å². The van der Waals surface area contributed by atoms with Gasteiger partial charge in [0, 0.05) is 23.7 Å². The van der Waals surface area contributed by atoms with Crippen LogP contribution in [0.2, 0.25) is 10.0 Å². The Bertz CT molecular complexity index is 1120. The molecule has 2 saturated carbocycles. The van der Waals surface area contributed by atoms with Crippen LogP contribution >= 0.6 is 23.2 Å². The fourth-order valence-corrected chi connectivity index (χ4v) is 6.88. The molecule has 2 aromatic rings. The fourth-order valence-electron chi connectivity index (χ4n) is 6.47. The van der Waals surface area contributed by atoms with Gasteiger partial charge in [-0.05, 0) is 37.7 Å². The van der Waals surface area contributed by atoms with Gasteiger partial charge < -0.3 is 21.1 Å². The summed E-state index contributed by atoms with van der Waals surface area (Å²) in [4.78, 5) is 14.2. The maximum absolute atomic E-state index is 14.3. The number of rotatable bonds is 6. The minimum atomic E-state index is -1.50. The number of hydrogen-bond donors (Lipinski definition) is 4. The van der Waals surface area contributed by atoms with Gasteiger partial charge >= 0.3 is 0 Å². The minimum absolute atomic E-state index is 0.0612. The van der Waals surface area contributed by atoms with E-state index in [0.717, 1.165) is 76.3 Å². The number of carbonyl (C=O) groups is 1. The monoisotopic (exact) mass is 551 g/mol. The first kappa shape index (κ1) is 26.5. The number of anilines is 2. The van der Waals surface area contributed by atoms with Crippen LogP contribution in [0, 0.1) is 23.5 Å². The Labute approximate surface area is 226 Å². The smallest absolute Gasteiger partial charge is 0.228 e. The van der Waals surface area contributed by atoms with Crippen molar-refractivity contribution in [2.75, 3.05) is 10.6 Å². The normalized spacial score (nSPS) is 21.4. The molecule has 1 amide bonds. The summed E-state index contributed by atoms with van der Waals surface area (Å²) in [6, 6.07) is 7.14. The molecule has 2 unspecified atom stereocenters. The Morgan fingerprint density at radius 2 is 1.51 bits per heavy atom. The highest BCUT2D eigenvalue weighted by Crippen LogP contribution is 2.50. The van der Waals surface area contributed by atoms with Crippen molar-refractivity contribution in [1.82, 2.24) is 5.32 Å². The molecule has 1 heterocycles. The topological polar surface area (TPSA) is 73.4 Å². The van der Waals surface area contributed by atoms with Crippen LogP contribution in [-0.2, 0) is 4.79 Å². The predicted octanol–water partition coefficient (Wildman–Crippen LogP) is 7.18. The summed E-state index contributed by atoms with van der Waals surface area (Å²) in [5.41, 5.74) is -0.614. The van der Waals surface area contributed by atoms with E-state index < -0.39 is 29.3 Å². The SMILES string of the molecule is O=C(NC1CCCCC1)C(C1CCCCC1)C1(C(O)c2cccc(Cl)c2Cl)Nc2cc(F)c(F)cc2N1. The summed E-state index contributed by atoms with van der Waals surface area (Å²) in [6.45, 7) is 0. The molecule has 37 heavy (non-hydrogen) atoms. The molecule has 1 aliphatic heterocycles. The zero-order valence-electron chi connectivity index (χ0n) is 20.6. The predicted molar refractivity (Wildman–Crippen MR) is 143 cm³/mol. The molecular weight excluding hydrogens is 519 g/mol. The average Bonchev–Trinajstić information content (AvgIpc) is 3.25. The lowest BCUT2D eigenvalue weighted by Gasteiger charge is -2.46. The highest BCUT2D eigenvalue weighted by atomic mass is 35.5. The van der Waals surface area contributed by atoms with E-state index in [1.165, 1.54) is 0 Å². The van der Waals surface area contributed by atoms with Gasteiger partial charge in [0.1, 0.15) is 6.10 Å². The van der Waals surface area contributed by atoms with E-state index in [2.05, 4.69) is 16.0 Å². The maximum atomic E-state index is 14.3. The van der Waals surface area contributed by atoms with Gasteiger partial charge in [0.05, 0.1) is 27.3 Å². The van der Waals surface area contributed by atoms with Gasteiger partial charge in [-0.2, -0.15) is 0 Å². The standard InChI is InChI=1S/C28H33Cl2F2N3O2/c29-19-13-7-12-18(25(19)30)26(36)28(34-22-14-20(31)21(32)15-23(22)35-28)24(16-8-3-1-4-9-16)27(37)33-17-10-5-2-6-11-17/h7,12-17,24,26,34-36H,1-6,8-11H2,(H,33,37). The number of halogens is 4. The molecule has 3 aliphatic rings. The van der Waals surface area contributed by atoms with Crippen LogP contribution in [0.1, 0.15) is 75.9 Å². The molecule has 4 N–H and O–H groups in total. The molecule has 5 rings (SSSR count). The summed E-state index contributed by atoms with van der Waals surface area (Å²) in [7, 11) is 0. The molecule has 0 spiro atoms. The molecule has 200 valence electrons. The molecule has 2 fully saturated rings. The quantitative estimate of drug-likeness (QED) is 0.306. The van der Waals surface area contributed by atoms with Gasteiger partial charge in [0.2, 0.25) is 5.91 Å². The van der Waals surface area contributed by atoms with Crippen molar-refractivity contribution in [2.45, 2.75) is 82.0 Å². The highest BCUT2D eigenvalue weighted by Gasteiger charge is 2.56. The minimum Gasteiger partial charge on any atom is -0.384 e. The molecule has 9 heteroatoms. The first-order valence-electron chi connectivity index (χ1n) is 13.3. The average molecular weight is 552 g/mol. The summed E-state index contributed by atoms with van der Waals surface area (Å²) in [5, 5.41) is 22.2. The van der Waals surface area contributed by atoms with Crippen molar-refractivity contribution in [3.8, 4) is 0 Å². The van der Waals surface area contributed by atoms with Gasteiger partial charge in [-0.25, -0.2) is 8.78 Å². The van der Waals surface area contributed by atoms with E-state index in [9.17, 15) is 18.7 Å². The second-order valence-corrected chi connectivity index (χ2v) is 11.5. The molecule has 2 aromatic carbocycles. The number of aliphatic hydroxyl groups is 1. The highest BCUT2D eigenvalue weighted by molar-refractivity contribution is 6.42. The molecule has 0 saturated heterocycles. The number of benzene rings is 2. The first-order valence-corrected chi connectivity index (χ1v) is 14.0. The van der Waals surface area contributed by atoms with E-state index in [0.29, 0.717) is 5.56 Å². The Hall–Kier alpha value is -2.09. The third kappa shape index (κ3) is 5.15. The van der Waals surface area contributed by atoms with Crippen molar-refractivity contribution >= 4 is 40.5 Å². The van der Waals surface area contributed by atoms with Crippen LogP contribution in [0.15, 0.2) is 30.3 Å². The summed E-state index contributed by atoms with van der Waals surface area (Å²) >= 11 is 12.8. The third-order valence-electron chi connectivity index (χ3n) is 8.30. The van der Waals surface area contributed by atoms with Crippen molar-refractivity contribution in [2.24, 2.45) is 11.8 Å². The van der Waals surface area contributed by atoms with Crippen molar-refractivity contribution in [1.29, 1.82) is 0 Å². The van der Waals surface area contributed by atoms with Gasteiger partial charge in [-0.1, -0.05) is 73.9 Å². The van der Waals surface area contributed by atoms with E-state index in [1.54, 1.807) is 18.2 Å². The van der Waals surface area contributed by atoms with Crippen LogP contribution in [0.4, 0.5) is 20.2 Å². The summed E-state index contributed by atoms with van der Waals surface area (Å²) < 4.78 is 28.5. The van der Waals surface area contributed by atoms with Crippen LogP contribution in [0.5, 0.6) is 0 Å². The first-order chi connectivity index (χ1) is 17.8. The zero-order chi connectivity index (χ0) is 26.2. The largest absolute Gasteiger partial charge is 0.384 e. The fraction of sp³-hybridized carbons (Fsp3) is 0.536. The number of amides is 1. The van der Waals surface area contributed by atoms with Crippen molar-refractivity contribution < 1.29 is 18.7 Å². The molecule has 0 bridgehead atoms. The van der Waals surface area contributed by atoms with E-state index >= 15 is 0 Å². The van der Waals surface area contributed by atoms with Crippen LogP contribution in [0.3, 0.4) is 0 Å². The Balaban J connectivity index is 1.61. The zero-order valence-corrected chi connectivity index (χ0v) is 22.1. The van der Waals surface area contributed by atoms with Crippen LogP contribution in [-0.4, -0.2) is 22.7 Å². The lowest BCUT2D eigenvalue weighted by atomic mass is 9.70. The molecule has 2 atom stereocenters. The third-order valence-corrected chi connectivity index (χ3v) is 9.13. The van der Waals surface area contributed by atoms with Gasteiger partial charge in [-0.3, -0.25) is 4.79 Å². The van der Waals surface area contributed by atoms with Crippen LogP contribution < -0.4 is 16.0 Å². The number of hydrogen-bond acceptors (Lipinski definition) is 4. The van der Waals surface area contributed by atoms with E-state index in [-0.39, 0.29) is 39.3 Å².